The summed E-state index contributed by atoms with van der Waals surface area (Å²) in [7, 11) is 0. The fourth-order valence-electron chi connectivity index (χ4n) is 3.10. The van der Waals surface area contributed by atoms with E-state index in [9.17, 15) is 0 Å². The lowest BCUT2D eigenvalue weighted by Gasteiger charge is -2.16. The number of nitrogens with zero attached hydrogens (tertiary/aromatic N) is 1. The van der Waals surface area contributed by atoms with Crippen LogP contribution >= 0.6 is 24.0 Å². The molecule has 1 aliphatic carbocycles. The Morgan fingerprint density at radius 1 is 0.964 bits per heavy atom. The molecule has 0 saturated carbocycles. The Kier molecular flexibility index (Phi) is 10.1. The smallest absolute Gasteiger partial charge is 0.191 e. The van der Waals surface area contributed by atoms with Gasteiger partial charge in [-0.3, -0.25) is 0 Å². The average Bonchev–Trinajstić information content (AvgIpc) is 3.21. The van der Waals surface area contributed by atoms with Crippen LogP contribution in [0, 0.1) is 0 Å². The van der Waals surface area contributed by atoms with E-state index in [1.807, 2.05) is 18.2 Å². The molecule has 2 aromatic rings. The van der Waals surface area contributed by atoms with Gasteiger partial charge in [-0.2, -0.15) is 0 Å². The van der Waals surface area contributed by atoms with Gasteiger partial charge in [-0.25, -0.2) is 4.99 Å². The van der Waals surface area contributed by atoms with Crippen molar-refractivity contribution < 1.29 is 4.74 Å². The van der Waals surface area contributed by atoms with Gasteiger partial charge < -0.3 is 15.4 Å². The highest BCUT2D eigenvalue weighted by atomic mass is 127. The fourth-order valence-corrected chi connectivity index (χ4v) is 3.10. The lowest BCUT2D eigenvalue weighted by atomic mass is 10.1. The molecular formula is C23H30IN3O. The highest BCUT2D eigenvalue weighted by molar-refractivity contribution is 14.0. The van der Waals surface area contributed by atoms with Gasteiger partial charge in [0.25, 0.3) is 0 Å². The van der Waals surface area contributed by atoms with Crippen molar-refractivity contribution in [1.29, 1.82) is 0 Å². The first-order valence-electron chi connectivity index (χ1n) is 9.73. The van der Waals surface area contributed by atoms with Gasteiger partial charge in [0, 0.05) is 12.6 Å². The lowest BCUT2D eigenvalue weighted by Crippen LogP contribution is -2.42. The summed E-state index contributed by atoms with van der Waals surface area (Å²) in [5.74, 6) is 0.886. The molecule has 0 radical (unpaired) electrons. The molecule has 0 heterocycles. The Balaban J connectivity index is 0.00000280. The summed E-state index contributed by atoms with van der Waals surface area (Å²) in [5.41, 5.74) is 3.56. The molecular weight excluding hydrogens is 461 g/mol. The molecule has 3 rings (SSSR count). The average molecular weight is 491 g/mol. The number of hydrogen-bond donors (Lipinski definition) is 2. The van der Waals surface area contributed by atoms with E-state index in [1.165, 1.54) is 16.7 Å². The van der Waals surface area contributed by atoms with Crippen LogP contribution in [0.25, 0.3) is 0 Å². The first-order chi connectivity index (χ1) is 13.3. The molecule has 0 saturated heterocycles. The Bertz CT molecular complexity index is 753. The van der Waals surface area contributed by atoms with Crippen LogP contribution in [-0.2, 0) is 24.5 Å². The van der Waals surface area contributed by atoms with Gasteiger partial charge in [-0.05, 0) is 36.5 Å². The predicted octanol–water partition coefficient (Wildman–Crippen LogP) is 4.80. The topological polar surface area (TPSA) is 45.7 Å². The minimum Gasteiger partial charge on any atom is -0.372 e. The van der Waals surface area contributed by atoms with E-state index in [-0.39, 0.29) is 24.0 Å². The zero-order chi connectivity index (χ0) is 18.7. The zero-order valence-electron chi connectivity index (χ0n) is 16.4. The van der Waals surface area contributed by atoms with Gasteiger partial charge in [0.2, 0.25) is 0 Å². The fraction of sp³-hybridized carbons (Fsp3) is 0.348. The number of benzene rings is 2. The van der Waals surface area contributed by atoms with Crippen LogP contribution in [0.4, 0.5) is 0 Å². The third-order valence-corrected chi connectivity index (χ3v) is 4.48. The van der Waals surface area contributed by atoms with Gasteiger partial charge in [0.15, 0.2) is 5.96 Å². The Labute approximate surface area is 185 Å². The molecule has 1 aliphatic rings. The molecule has 0 unspecified atom stereocenters. The monoisotopic (exact) mass is 491 g/mol. The summed E-state index contributed by atoms with van der Waals surface area (Å²) in [6.45, 7) is 4.85. The highest BCUT2D eigenvalue weighted by Gasteiger charge is 2.11. The minimum atomic E-state index is 0. The summed E-state index contributed by atoms with van der Waals surface area (Å²) < 4.78 is 5.85. The van der Waals surface area contributed by atoms with E-state index >= 15 is 0 Å². The Hall–Kier alpha value is -1.86. The maximum Gasteiger partial charge on any atom is 0.191 e. The third-order valence-electron chi connectivity index (χ3n) is 4.48. The van der Waals surface area contributed by atoms with Crippen molar-refractivity contribution in [2.75, 3.05) is 6.54 Å². The van der Waals surface area contributed by atoms with Crippen molar-refractivity contribution in [3.63, 3.8) is 0 Å². The first kappa shape index (κ1) is 22.4. The molecule has 0 bridgehead atoms. The Morgan fingerprint density at radius 3 is 2.39 bits per heavy atom. The summed E-state index contributed by atoms with van der Waals surface area (Å²) in [4.78, 5) is 4.74. The lowest BCUT2D eigenvalue weighted by molar-refractivity contribution is 0.107. The molecule has 2 aromatic carbocycles. The zero-order valence-corrected chi connectivity index (χ0v) is 18.8. The number of hydrogen-bond acceptors (Lipinski definition) is 2. The van der Waals surface area contributed by atoms with Crippen LogP contribution in [0.15, 0.2) is 71.7 Å². The molecule has 5 heteroatoms. The van der Waals surface area contributed by atoms with Crippen molar-refractivity contribution in [1.82, 2.24) is 10.6 Å². The summed E-state index contributed by atoms with van der Waals surface area (Å²) in [6.07, 6.45) is 6.58. The second-order valence-corrected chi connectivity index (χ2v) is 6.78. The van der Waals surface area contributed by atoms with E-state index in [0.717, 1.165) is 25.3 Å². The normalized spacial score (nSPS) is 14.0. The molecule has 0 fully saturated rings. The van der Waals surface area contributed by atoms with Crippen molar-refractivity contribution in [3.05, 3.63) is 83.4 Å². The van der Waals surface area contributed by atoms with Gasteiger partial charge in [-0.15, -0.1) is 24.0 Å². The molecule has 4 nitrogen and oxygen atoms in total. The summed E-state index contributed by atoms with van der Waals surface area (Å²) in [5, 5.41) is 6.84. The molecule has 0 aliphatic heterocycles. The highest BCUT2D eigenvalue weighted by Crippen LogP contribution is 2.11. The van der Waals surface area contributed by atoms with Gasteiger partial charge >= 0.3 is 0 Å². The number of aliphatic imine (C=N–C) groups is 1. The van der Waals surface area contributed by atoms with Gasteiger partial charge in [0.05, 0.1) is 19.8 Å². The summed E-state index contributed by atoms with van der Waals surface area (Å²) in [6, 6.07) is 19.2. The van der Waals surface area contributed by atoms with E-state index in [2.05, 4.69) is 66.1 Å². The van der Waals surface area contributed by atoms with Crippen molar-refractivity contribution in [3.8, 4) is 0 Å². The number of ether oxygens (including phenoxy) is 1. The van der Waals surface area contributed by atoms with E-state index in [1.54, 1.807) is 0 Å². The number of guanidine groups is 1. The molecule has 0 amide bonds. The van der Waals surface area contributed by atoms with Crippen molar-refractivity contribution >= 4 is 29.9 Å². The SMILES string of the molecule is CCNC(=NCc1cccc(COCc2ccccc2)c1)NC1CC=CC1.I. The largest absolute Gasteiger partial charge is 0.372 e. The molecule has 0 atom stereocenters. The third kappa shape index (κ3) is 7.64. The number of halogens is 1. The molecule has 2 N–H and O–H groups in total. The number of nitrogens with one attached hydrogen (secondary N) is 2. The van der Waals surface area contributed by atoms with Crippen LogP contribution in [-0.4, -0.2) is 18.5 Å². The second kappa shape index (κ2) is 12.6. The maximum atomic E-state index is 5.85. The van der Waals surface area contributed by atoms with E-state index in [4.69, 9.17) is 9.73 Å². The Morgan fingerprint density at radius 2 is 1.64 bits per heavy atom. The predicted molar refractivity (Wildman–Crippen MR) is 127 cm³/mol. The van der Waals surface area contributed by atoms with Crippen LogP contribution in [0.2, 0.25) is 0 Å². The molecule has 0 spiro atoms. The number of rotatable bonds is 8. The minimum absolute atomic E-state index is 0. The first-order valence-corrected chi connectivity index (χ1v) is 9.73. The van der Waals surface area contributed by atoms with E-state index in [0.29, 0.717) is 25.8 Å². The van der Waals surface area contributed by atoms with Crippen LogP contribution < -0.4 is 10.6 Å². The van der Waals surface area contributed by atoms with Gasteiger partial charge in [-0.1, -0.05) is 66.7 Å². The van der Waals surface area contributed by atoms with Crippen LogP contribution in [0.1, 0.15) is 36.5 Å². The van der Waals surface area contributed by atoms with Gasteiger partial charge in [0.1, 0.15) is 0 Å². The molecule has 28 heavy (non-hydrogen) atoms. The van der Waals surface area contributed by atoms with Crippen LogP contribution in [0.5, 0.6) is 0 Å². The second-order valence-electron chi connectivity index (χ2n) is 6.78. The van der Waals surface area contributed by atoms with Crippen molar-refractivity contribution in [2.24, 2.45) is 4.99 Å². The summed E-state index contributed by atoms with van der Waals surface area (Å²) >= 11 is 0. The van der Waals surface area contributed by atoms with Crippen LogP contribution in [0.3, 0.4) is 0 Å². The van der Waals surface area contributed by atoms with E-state index < -0.39 is 0 Å². The quantitative estimate of drug-likeness (QED) is 0.242. The maximum absolute atomic E-state index is 5.85. The molecule has 150 valence electrons. The standard InChI is InChI=1S/C23H29N3O.HI/c1-2-24-23(26-22-13-6-7-14-22)25-16-20-11-8-12-21(15-20)18-27-17-19-9-4-3-5-10-19;/h3-12,15,22H,2,13-14,16-18H2,1H3,(H2,24,25,26);1H. The van der Waals surface area contributed by atoms with Crippen molar-refractivity contribution in [2.45, 2.75) is 45.6 Å². The molecule has 0 aromatic heterocycles.